The van der Waals surface area contributed by atoms with Gasteiger partial charge in [0.2, 0.25) is 5.91 Å². The van der Waals surface area contributed by atoms with Crippen LogP contribution in [0.15, 0.2) is 24.3 Å². The third kappa shape index (κ3) is 4.16. The molecule has 1 aromatic heterocycles. The molecule has 2 heterocycles. The van der Waals surface area contributed by atoms with Gasteiger partial charge in [0.15, 0.2) is 0 Å². The van der Waals surface area contributed by atoms with Crippen LogP contribution in [-0.2, 0) is 14.4 Å². The second-order valence-electron chi connectivity index (χ2n) is 10.3. The van der Waals surface area contributed by atoms with E-state index in [0.29, 0.717) is 35.8 Å². The number of amides is 2. The lowest BCUT2D eigenvalue weighted by molar-refractivity contribution is -0.129. The molecule has 0 radical (unpaired) electrons. The number of nitrogens with zero attached hydrogens (tertiary/aromatic N) is 1. The molecular weight excluding hydrogens is 472 g/mol. The van der Waals surface area contributed by atoms with Crippen LogP contribution >= 0.6 is 0 Å². The highest BCUT2D eigenvalue weighted by molar-refractivity contribution is 6.02. The number of likely N-dealkylation sites (tertiary alicyclic amines) is 1. The number of Topliss-reactive ketones (excluding diaryl/α,β-unsaturated/α-hetero) is 1. The highest BCUT2D eigenvalue weighted by Crippen LogP contribution is 2.66. The Balaban J connectivity index is 1.37. The maximum Gasteiger partial charge on any atom is 0.271 e. The first kappa shape index (κ1) is 24.4. The van der Waals surface area contributed by atoms with Gasteiger partial charge in [-0.25, -0.2) is 8.78 Å². The summed E-state index contributed by atoms with van der Waals surface area (Å²) in [6.07, 6.45) is 3.01. The quantitative estimate of drug-likeness (QED) is 0.567. The number of aromatic nitrogens is 1. The van der Waals surface area contributed by atoms with Gasteiger partial charge in [0.25, 0.3) is 11.8 Å². The fraction of sp³-hybridized carbons (Fsp3) is 0.538. The van der Waals surface area contributed by atoms with Crippen LogP contribution in [-0.4, -0.2) is 65.4 Å². The van der Waals surface area contributed by atoms with E-state index in [-0.39, 0.29) is 43.2 Å². The van der Waals surface area contributed by atoms with Crippen molar-refractivity contribution in [2.24, 2.45) is 11.3 Å². The van der Waals surface area contributed by atoms with E-state index < -0.39 is 35.2 Å². The van der Waals surface area contributed by atoms with Crippen LogP contribution in [0.25, 0.3) is 10.9 Å². The minimum Gasteiger partial charge on any atom is -0.496 e. The van der Waals surface area contributed by atoms with E-state index in [4.69, 9.17) is 4.74 Å². The molecule has 1 aromatic carbocycles. The average molecular weight is 502 g/mol. The van der Waals surface area contributed by atoms with E-state index in [1.54, 1.807) is 24.3 Å². The summed E-state index contributed by atoms with van der Waals surface area (Å²) in [5.74, 6) is -3.87. The molecule has 3 aliphatic rings. The molecule has 36 heavy (non-hydrogen) atoms. The molecule has 1 aliphatic heterocycles. The van der Waals surface area contributed by atoms with Crippen molar-refractivity contribution in [2.75, 3.05) is 13.7 Å². The van der Waals surface area contributed by atoms with E-state index in [2.05, 4.69) is 10.3 Å². The van der Waals surface area contributed by atoms with Crippen LogP contribution in [0.4, 0.5) is 8.78 Å². The summed E-state index contributed by atoms with van der Waals surface area (Å²) in [4.78, 5) is 54.9. The highest BCUT2D eigenvalue weighted by atomic mass is 19.3. The van der Waals surface area contributed by atoms with Gasteiger partial charge in [-0.15, -0.1) is 0 Å². The molecule has 1 spiro atoms. The third-order valence-corrected chi connectivity index (χ3v) is 7.99. The van der Waals surface area contributed by atoms with Gasteiger partial charge in [0.1, 0.15) is 29.6 Å². The SMILES string of the molecule is COc1cccc2[nH]c(C(=O)N3CC4(CC3C(=O)NC(C=O)CC3CCCCC3=O)CC4(F)F)cc12. The zero-order valence-corrected chi connectivity index (χ0v) is 20.0. The number of ketones is 1. The zero-order valence-electron chi connectivity index (χ0n) is 20.0. The topological polar surface area (TPSA) is 109 Å². The standard InChI is InChI=1S/C26H29F2N3O5/c1-36-22-8-4-6-18-17(22)10-19(30-18)24(35)31-14-25(13-26(25,27)28)11-20(31)23(34)29-16(12-32)9-15-5-2-3-7-21(15)33/h4,6,8,10,12,15-16,20,30H,2-3,5,7,9,11,13-14H2,1H3,(H,29,34). The van der Waals surface area contributed by atoms with Gasteiger partial charge in [-0.1, -0.05) is 12.5 Å². The summed E-state index contributed by atoms with van der Waals surface area (Å²) in [6, 6.07) is 4.78. The molecular formula is C26H29F2N3O5. The Bertz CT molecular complexity index is 1230. The molecule has 1 saturated heterocycles. The molecule has 2 N–H and O–H groups in total. The van der Waals surface area contributed by atoms with Crippen LogP contribution in [0.2, 0.25) is 0 Å². The van der Waals surface area contributed by atoms with Crippen molar-refractivity contribution < 1.29 is 32.7 Å². The second-order valence-corrected chi connectivity index (χ2v) is 10.3. The number of halogens is 2. The molecule has 8 nitrogen and oxygen atoms in total. The number of alkyl halides is 2. The lowest BCUT2D eigenvalue weighted by Crippen LogP contribution is -2.50. The number of benzene rings is 1. The normalized spacial score (nSPS) is 27.8. The van der Waals surface area contributed by atoms with E-state index in [1.807, 2.05) is 0 Å². The Kier molecular flexibility index (Phi) is 6.08. The first-order chi connectivity index (χ1) is 17.2. The van der Waals surface area contributed by atoms with Gasteiger partial charge in [-0.2, -0.15) is 0 Å². The van der Waals surface area contributed by atoms with Crippen LogP contribution in [0.3, 0.4) is 0 Å². The maximum absolute atomic E-state index is 14.3. The summed E-state index contributed by atoms with van der Waals surface area (Å²) in [6.45, 7) is -0.254. The number of rotatable bonds is 7. The first-order valence-corrected chi connectivity index (χ1v) is 12.3. The van der Waals surface area contributed by atoms with E-state index in [1.165, 1.54) is 12.0 Å². The molecule has 192 valence electrons. The van der Waals surface area contributed by atoms with Crippen molar-refractivity contribution in [3.8, 4) is 5.75 Å². The number of aromatic amines is 1. The van der Waals surface area contributed by atoms with Gasteiger partial charge in [0, 0.05) is 36.2 Å². The van der Waals surface area contributed by atoms with Gasteiger partial charge in [0.05, 0.1) is 18.6 Å². The lowest BCUT2D eigenvalue weighted by atomic mass is 9.84. The van der Waals surface area contributed by atoms with Crippen LogP contribution in [0.5, 0.6) is 5.75 Å². The number of fused-ring (bicyclic) bond motifs is 1. The molecule has 5 rings (SSSR count). The molecule has 3 fully saturated rings. The Morgan fingerprint density at radius 1 is 1.33 bits per heavy atom. The summed E-state index contributed by atoms with van der Waals surface area (Å²) in [5.41, 5.74) is -0.639. The Hall–Kier alpha value is -3.30. The number of methoxy groups -OCH3 is 1. The molecule has 2 amide bonds. The monoisotopic (exact) mass is 501 g/mol. The summed E-state index contributed by atoms with van der Waals surface area (Å²) < 4.78 is 34.0. The predicted octanol–water partition coefficient (Wildman–Crippen LogP) is 3.25. The van der Waals surface area contributed by atoms with E-state index >= 15 is 0 Å². The second kappa shape index (κ2) is 8.97. The summed E-state index contributed by atoms with van der Waals surface area (Å²) in [7, 11) is 1.51. The lowest BCUT2D eigenvalue weighted by Gasteiger charge is -2.27. The number of nitrogens with one attached hydrogen (secondary N) is 2. The first-order valence-electron chi connectivity index (χ1n) is 12.3. The highest BCUT2D eigenvalue weighted by Gasteiger charge is 2.75. The summed E-state index contributed by atoms with van der Waals surface area (Å²) in [5, 5.41) is 3.28. The van der Waals surface area contributed by atoms with E-state index in [0.717, 1.165) is 12.8 Å². The van der Waals surface area contributed by atoms with Gasteiger partial charge >= 0.3 is 0 Å². The van der Waals surface area contributed by atoms with Crippen molar-refractivity contribution >= 4 is 34.8 Å². The molecule has 0 bridgehead atoms. The molecule has 10 heteroatoms. The largest absolute Gasteiger partial charge is 0.496 e. The van der Waals surface area contributed by atoms with Crippen molar-refractivity contribution in [3.63, 3.8) is 0 Å². The van der Waals surface area contributed by atoms with Crippen molar-refractivity contribution in [3.05, 3.63) is 30.0 Å². The van der Waals surface area contributed by atoms with Crippen LogP contribution in [0, 0.1) is 11.3 Å². The minimum atomic E-state index is -2.96. The van der Waals surface area contributed by atoms with Crippen molar-refractivity contribution in [2.45, 2.75) is 63.0 Å². The van der Waals surface area contributed by atoms with Crippen LogP contribution < -0.4 is 10.1 Å². The average Bonchev–Trinajstić information content (AvgIpc) is 3.20. The summed E-state index contributed by atoms with van der Waals surface area (Å²) >= 11 is 0. The van der Waals surface area contributed by atoms with Crippen LogP contribution in [0.1, 0.15) is 55.4 Å². The zero-order chi connectivity index (χ0) is 25.7. The fourth-order valence-electron chi connectivity index (χ4n) is 5.82. The Labute approximate surface area is 206 Å². The Morgan fingerprint density at radius 2 is 2.11 bits per heavy atom. The number of carbonyl (C=O) groups is 4. The smallest absolute Gasteiger partial charge is 0.271 e. The number of hydrogen-bond donors (Lipinski definition) is 2. The molecule has 4 atom stereocenters. The fourth-order valence-corrected chi connectivity index (χ4v) is 5.82. The van der Waals surface area contributed by atoms with Crippen molar-refractivity contribution in [1.29, 1.82) is 0 Å². The van der Waals surface area contributed by atoms with Gasteiger partial charge in [-0.3, -0.25) is 14.4 Å². The number of H-pyrrole nitrogens is 1. The third-order valence-electron chi connectivity index (χ3n) is 7.99. The number of hydrogen-bond acceptors (Lipinski definition) is 5. The van der Waals surface area contributed by atoms with Crippen molar-refractivity contribution in [1.82, 2.24) is 15.2 Å². The molecule has 2 aromatic rings. The van der Waals surface area contributed by atoms with Gasteiger partial charge < -0.3 is 24.7 Å². The predicted molar refractivity (Wildman–Crippen MR) is 126 cm³/mol. The van der Waals surface area contributed by atoms with E-state index in [9.17, 15) is 28.0 Å². The number of ether oxygens (including phenoxy) is 1. The molecule has 2 saturated carbocycles. The molecule has 2 aliphatic carbocycles. The molecule has 4 unspecified atom stereocenters. The number of carbonyl (C=O) groups excluding carboxylic acids is 4. The van der Waals surface area contributed by atoms with Gasteiger partial charge in [-0.05, 0) is 43.9 Å². The number of aldehydes is 1. The maximum atomic E-state index is 14.3. The minimum absolute atomic E-state index is 0.0748. The Morgan fingerprint density at radius 3 is 2.78 bits per heavy atom.